The summed E-state index contributed by atoms with van der Waals surface area (Å²) in [6.07, 6.45) is 0.367. The Morgan fingerprint density at radius 2 is 1.80 bits per heavy atom. The number of amides is 2. The zero-order valence-electron chi connectivity index (χ0n) is 19.6. The van der Waals surface area contributed by atoms with Gasteiger partial charge in [0, 0.05) is 23.2 Å². The van der Waals surface area contributed by atoms with Gasteiger partial charge in [-0.2, -0.15) is 0 Å². The molecule has 1 aromatic heterocycles. The molecule has 0 saturated heterocycles. The van der Waals surface area contributed by atoms with E-state index in [-0.39, 0.29) is 17.5 Å². The first kappa shape index (κ1) is 24.2. The molecule has 7 nitrogen and oxygen atoms in total. The van der Waals surface area contributed by atoms with Crippen molar-refractivity contribution >= 4 is 45.8 Å². The van der Waals surface area contributed by atoms with Crippen LogP contribution in [0.2, 0.25) is 5.02 Å². The van der Waals surface area contributed by atoms with Crippen molar-refractivity contribution < 1.29 is 9.59 Å². The van der Waals surface area contributed by atoms with Gasteiger partial charge in [0.15, 0.2) is 0 Å². The fraction of sp³-hybridized carbons (Fsp3) is 0.185. The van der Waals surface area contributed by atoms with Gasteiger partial charge in [-0.15, -0.1) is 0 Å². The van der Waals surface area contributed by atoms with Gasteiger partial charge in [-0.1, -0.05) is 48.4 Å². The van der Waals surface area contributed by atoms with Crippen molar-refractivity contribution in [1.29, 1.82) is 0 Å². The van der Waals surface area contributed by atoms with Crippen molar-refractivity contribution in [2.45, 2.75) is 33.2 Å². The minimum absolute atomic E-state index is 0.158. The van der Waals surface area contributed by atoms with Gasteiger partial charge in [-0.3, -0.25) is 19.0 Å². The van der Waals surface area contributed by atoms with Crippen LogP contribution in [0.1, 0.15) is 31.9 Å². The van der Waals surface area contributed by atoms with E-state index in [0.29, 0.717) is 39.4 Å². The molecule has 2 N–H and O–H groups in total. The van der Waals surface area contributed by atoms with Gasteiger partial charge in [-0.25, -0.2) is 4.98 Å². The Labute approximate surface area is 207 Å². The standard InChI is InChI=1S/C27H25ClN4O3/c1-4-23(26(34)30-19-9-7-8-18(28)15-19)32-24-11-6-5-10-22(24)31-25(27(32)35)20-14-16(2)12-13-21(20)29-17(3)33/h5-15,23H,4H2,1-3H3,(H,29,33)(H,30,34). The number of halogens is 1. The summed E-state index contributed by atoms with van der Waals surface area (Å²) < 4.78 is 1.48. The SMILES string of the molecule is CCC(C(=O)Nc1cccc(Cl)c1)n1c(=O)c(-c2cc(C)ccc2NC(C)=O)nc2ccccc21. The summed E-state index contributed by atoms with van der Waals surface area (Å²) in [6.45, 7) is 5.15. The molecule has 0 saturated carbocycles. The Bertz CT molecular complexity index is 1500. The maximum atomic E-state index is 13.9. The lowest BCUT2D eigenvalue weighted by Gasteiger charge is -2.21. The minimum Gasteiger partial charge on any atom is -0.326 e. The summed E-state index contributed by atoms with van der Waals surface area (Å²) in [5.74, 6) is -0.603. The number of benzene rings is 3. The second-order valence-corrected chi connectivity index (χ2v) is 8.71. The molecule has 0 spiro atoms. The highest BCUT2D eigenvalue weighted by Crippen LogP contribution is 2.29. The molecule has 4 rings (SSSR count). The van der Waals surface area contributed by atoms with Crippen LogP contribution in [-0.2, 0) is 9.59 Å². The second-order valence-electron chi connectivity index (χ2n) is 8.28. The highest BCUT2D eigenvalue weighted by atomic mass is 35.5. The van der Waals surface area contributed by atoms with Crippen molar-refractivity contribution in [3.05, 3.63) is 87.7 Å². The zero-order valence-corrected chi connectivity index (χ0v) is 20.4. The maximum Gasteiger partial charge on any atom is 0.278 e. The van der Waals surface area contributed by atoms with Gasteiger partial charge in [0.05, 0.1) is 16.7 Å². The number of fused-ring (bicyclic) bond motifs is 1. The molecule has 3 aromatic carbocycles. The summed E-state index contributed by atoms with van der Waals surface area (Å²) in [5.41, 5.74) is 3.26. The number of carbonyl (C=O) groups excluding carboxylic acids is 2. The van der Waals surface area contributed by atoms with Crippen LogP contribution >= 0.6 is 11.6 Å². The summed E-state index contributed by atoms with van der Waals surface area (Å²) >= 11 is 6.07. The lowest BCUT2D eigenvalue weighted by molar-refractivity contribution is -0.119. The first-order chi connectivity index (χ1) is 16.8. The molecule has 1 heterocycles. The van der Waals surface area contributed by atoms with Crippen LogP contribution in [0.5, 0.6) is 0 Å². The first-order valence-electron chi connectivity index (χ1n) is 11.2. The maximum absolute atomic E-state index is 13.9. The van der Waals surface area contributed by atoms with Crippen molar-refractivity contribution in [3.63, 3.8) is 0 Å². The second kappa shape index (κ2) is 10.1. The van der Waals surface area contributed by atoms with Crippen molar-refractivity contribution in [2.75, 3.05) is 10.6 Å². The van der Waals surface area contributed by atoms with E-state index in [0.717, 1.165) is 5.56 Å². The van der Waals surface area contributed by atoms with Gasteiger partial charge < -0.3 is 10.6 Å². The summed E-state index contributed by atoms with van der Waals surface area (Å²) in [7, 11) is 0. The average molecular weight is 489 g/mol. The van der Waals surface area contributed by atoms with Crippen LogP contribution < -0.4 is 16.2 Å². The third-order valence-corrected chi connectivity index (χ3v) is 5.86. The van der Waals surface area contributed by atoms with Gasteiger partial charge in [-0.05, 0) is 55.8 Å². The van der Waals surface area contributed by atoms with E-state index < -0.39 is 11.6 Å². The van der Waals surface area contributed by atoms with E-state index in [2.05, 4.69) is 15.6 Å². The molecule has 0 fully saturated rings. The Morgan fingerprint density at radius 1 is 1.03 bits per heavy atom. The van der Waals surface area contributed by atoms with Crippen LogP contribution in [0.25, 0.3) is 22.3 Å². The molecule has 0 bridgehead atoms. The lowest BCUT2D eigenvalue weighted by atomic mass is 10.0. The van der Waals surface area contributed by atoms with Crippen LogP contribution in [0, 0.1) is 6.92 Å². The Kier molecular flexibility index (Phi) is 6.98. The number of rotatable bonds is 6. The van der Waals surface area contributed by atoms with E-state index in [1.165, 1.54) is 11.5 Å². The first-order valence-corrected chi connectivity index (χ1v) is 11.6. The van der Waals surface area contributed by atoms with E-state index in [9.17, 15) is 14.4 Å². The van der Waals surface area contributed by atoms with E-state index >= 15 is 0 Å². The number of nitrogens with zero attached hydrogens (tertiary/aromatic N) is 2. The van der Waals surface area contributed by atoms with E-state index in [4.69, 9.17) is 11.6 Å². The number of aromatic nitrogens is 2. The summed E-state index contributed by atoms with van der Waals surface area (Å²) in [5, 5.41) is 6.14. The van der Waals surface area contributed by atoms with Gasteiger partial charge >= 0.3 is 0 Å². The number of nitrogens with one attached hydrogen (secondary N) is 2. The number of anilines is 2. The van der Waals surface area contributed by atoms with Crippen molar-refractivity contribution in [3.8, 4) is 11.3 Å². The molecule has 178 valence electrons. The smallest absolute Gasteiger partial charge is 0.278 e. The van der Waals surface area contributed by atoms with Crippen LogP contribution in [0.15, 0.2) is 71.5 Å². The van der Waals surface area contributed by atoms with Crippen LogP contribution in [0.3, 0.4) is 0 Å². The highest BCUT2D eigenvalue weighted by Gasteiger charge is 2.25. The molecule has 0 radical (unpaired) electrons. The predicted molar refractivity (Wildman–Crippen MR) is 140 cm³/mol. The molecular formula is C27H25ClN4O3. The molecule has 1 atom stereocenters. The number of carbonyl (C=O) groups is 2. The number of hydrogen-bond acceptors (Lipinski definition) is 4. The number of aryl methyl sites for hydroxylation is 1. The molecule has 2 amide bonds. The van der Waals surface area contributed by atoms with Gasteiger partial charge in [0.25, 0.3) is 5.56 Å². The summed E-state index contributed by atoms with van der Waals surface area (Å²) in [6, 6.07) is 18.6. The average Bonchev–Trinajstić information content (AvgIpc) is 2.81. The molecule has 0 aliphatic heterocycles. The van der Waals surface area contributed by atoms with Crippen molar-refractivity contribution in [1.82, 2.24) is 9.55 Å². The third kappa shape index (κ3) is 5.10. The normalized spacial score (nSPS) is 11.8. The highest BCUT2D eigenvalue weighted by molar-refractivity contribution is 6.30. The van der Waals surface area contributed by atoms with Crippen LogP contribution in [-0.4, -0.2) is 21.4 Å². The lowest BCUT2D eigenvalue weighted by Crippen LogP contribution is -2.34. The Morgan fingerprint density at radius 3 is 2.51 bits per heavy atom. The molecule has 0 aliphatic carbocycles. The largest absolute Gasteiger partial charge is 0.326 e. The summed E-state index contributed by atoms with van der Waals surface area (Å²) in [4.78, 5) is 43.8. The molecule has 35 heavy (non-hydrogen) atoms. The Balaban J connectivity index is 1.91. The monoisotopic (exact) mass is 488 g/mol. The third-order valence-electron chi connectivity index (χ3n) is 5.63. The van der Waals surface area contributed by atoms with E-state index in [1.54, 1.807) is 54.6 Å². The zero-order chi connectivity index (χ0) is 25.1. The number of hydrogen-bond donors (Lipinski definition) is 2. The predicted octanol–water partition coefficient (Wildman–Crippen LogP) is 5.57. The van der Waals surface area contributed by atoms with E-state index in [1.807, 2.05) is 26.0 Å². The fourth-order valence-corrected chi connectivity index (χ4v) is 4.26. The molecule has 1 unspecified atom stereocenters. The fourth-order valence-electron chi connectivity index (χ4n) is 4.07. The van der Waals surface area contributed by atoms with Gasteiger partial charge in [0.2, 0.25) is 11.8 Å². The molecule has 4 aromatic rings. The molecule has 8 heteroatoms. The Hall–Kier alpha value is -3.97. The van der Waals surface area contributed by atoms with Crippen LogP contribution in [0.4, 0.5) is 11.4 Å². The quantitative estimate of drug-likeness (QED) is 0.371. The number of para-hydroxylation sites is 2. The van der Waals surface area contributed by atoms with Gasteiger partial charge in [0.1, 0.15) is 11.7 Å². The van der Waals surface area contributed by atoms with Crippen molar-refractivity contribution in [2.24, 2.45) is 0 Å². The minimum atomic E-state index is -0.804. The molecule has 0 aliphatic rings. The topological polar surface area (TPSA) is 93.1 Å². The molecular weight excluding hydrogens is 464 g/mol.